The molecule has 0 unspecified atom stereocenters. The van der Waals surface area contributed by atoms with Crippen molar-refractivity contribution >= 4 is 6.03 Å². The summed E-state index contributed by atoms with van der Waals surface area (Å²) in [5.41, 5.74) is 0.691. The van der Waals surface area contributed by atoms with Crippen LogP contribution >= 0.6 is 0 Å². The van der Waals surface area contributed by atoms with E-state index in [4.69, 9.17) is 4.74 Å². The van der Waals surface area contributed by atoms with Gasteiger partial charge in [0.25, 0.3) is 0 Å². The van der Waals surface area contributed by atoms with E-state index < -0.39 is 6.61 Å². The van der Waals surface area contributed by atoms with E-state index in [1.807, 2.05) is 0 Å². The van der Waals surface area contributed by atoms with Crippen LogP contribution in [0.5, 0.6) is 5.75 Å². The topological polar surface area (TPSA) is 62.8 Å². The van der Waals surface area contributed by atoms with Gasteiger partial charge in [0.2, 0.25) is 0 Å². The van der Waals surface area contributed by atoms with Crippen molar-refractivity contribution in [3.63, 3.8) is 0 Å². The van der Waals surface area contributed by atoms with E-state index in [1.54, 1.807) is 12.1 Å². The number of halogens is 2. The summed E-state index contributed by atoms with van der Waals surface area (Å²) in [5.74, 6) is 0.0789. The molecule has 1 heterocycles. The van der Waals surface area contributed by atoms with Crippen LogP contribution in [0.2, 0.25) is 0 Å². The molecule has 24 heavy (non-hydrogen) atoms. The highest BCUT2D eigenvalue weighted by atomic mass is 19.3. The van der Waals surface area contributed by atoms with Crippen molar-refractivity contribution in [3.8, 4) is 5.75 Å². The van der Waals surface area contributed by atoms with Crippen LogP contribution in [-0.4, -0.2) is 56.9 Å². The van der Waals surface area contributed by atoms with Gasteiger partial charge in [0.15, 0.2) is 0 Å². The highest BCUT2D eigenvalue weighted by molar-refractivity contribution is 5.73. The summed E-state index contributed by atoms with van der Waals surface area (Å²) in [6, 6.07) is 5.98. The zero-order valence-electron chi connectivity index (χ0n) is 13.5. The van der Waals surface area contributed by atoms with Crippen molar-refractivity contribution in [1.29, 1.82) is 0 Å². The number of rotatable bonds is 8. The van der Waals surface area contributed by atoms with Gasteiger partial charge in [0, 0.05) is 26.2 Å². The van der Waals surface area contributed by atoms with Crippen LogP contribution in [0, 0.1) is 0 Å². The molecular weight excluding hydrogens is 320 g/mol. The molecule has 0 atom stereocenters. The molecule has 2 amide bonds. The molecule has 0 bridgehead atoms. The Kier molecular flexibility index (Phi) is 7.70. The summed E-state index contributed by atoms with van der Waals surface area (Å²) in [6.45, 7) is 2.30. The van der Waals surface area contributed by atoms with E-state index in [-0.39, 0.29) is 18.3 Å². The second-order valence-corrected chi connectivity index (χ2v) is 5.44. The average molecular weight is 343 g/mol. The minimum absolute atomic E-state index is 0.0789. The number of hydrogen-bond acceptors (Lipinski definition) is 4. The number of benzene rings is 1. The lowest BCUT2D eigenvalue weighted by molar-refractivity contribution is -0.0498. The zero-order chi connectivity index (χ0) is 17.2. The lowest BCUT2D eigenvalue weighted by atomic mass is 10.2. The molecule has 134 valence electrons. The first-order chi connectivity index (χ1) is 11.6. The summed E-state index contributed by atoms with van der Waals surface area (Å²) in [7, 11) is 0. The number of carbonyl (C=O) groups is 1. The fourth-order valence-electron chi connectivity index (χ4n) is 2.41. The number of alkyl halides is 2. The van der Waals surface area contributed by atoms with Crippen molar-refractivity contribution in [2.75, 3.05) is 39.4 Å². The van der Waals surface area contributed by atoms with Gasteiger partial charge in [0.05, 0.1) is 13.2 Å². The SMILES string of the molecule is O=C(NCCCN1CCOCC1)NCc1cccc(OC(F)F)c1. The van der Waals surface area contributed by atoms with Gasteiger partial charge in [-0.15, -0.1) is 0 Å². The number of nitrogens with one attached hydrogen (secondary N) is 2. The summed E-state index contributed by atoms with van der Waals surface area (Å²) < 4.78 is 33.9. The van der Waals surface area contributed by atoms with E-state index in [2.05, 4.69) is 20.3 Å². The summed E-state index contributed by atoms with van der Waals surface area (Å²) in [4.78, 5) is 14.0. The normalized spacial score (nSPS) is 15.3. The average Bonchev–Trinajstić information content (AvgIpc) is 2.58. The van der Waals surface area contributed by atoms with Gasteiger partial charge in [-0.2, -0.15) is 8.78 Å². The maximum Gasteiger partial charge on any atom is 0.387 e. The highest BCUT2D eigenvalue weighted by Gasteiger charge is 2.09. The molecule has 1 aliphatic heterocycles. The van der Waals surface area contributed by atoms with Crippen molar-refractivity contribution in [2.24, 2.45) is 0 Å². The van der Waals surface area contributed by atoms with E-state index in [1.165, 1.54) is 12.1 Å². The molecule has 1 saturated heterocycles. The van der Waals surface area contributed by atoms with E-state index >= 15 is 0 Å². The Morgan fingerprint density at radius 3 is 2.83 bits per heavy atom. The Hall–Kier alpha value is -1.93. The molecular formula is C16H23F2N3O3. The molecule has 1 fully saturated rings. The number of hydrogen-bond donors (Lipinski definition) is 2. The van der Waals surface area contributed by atoms with Gasteiger partial charge in [-0.25, -0.2) is 4.79 Å². The highest BCUT2D eigenvalue weighted by Crippen LogP contribution is 2.15. The predicted octanol–water partition coefficient (Wildman–Crippen LogP) is 1.81. The van der Waals surface area contributed by atoms with E-state index in [0.29, 0.717) is 12.1 Å². The maximum atomic E-state index is 12.2. The Balaban J connectivity index is 1.60. The van der Waals surface area contributed by atoms with Crippen LogP contribution < -0.4 is 15.4 Å². The van der Waals surface area contributed by atoms with Gasteiger partial charge in [-0.05, 0) is 30.7 Å². The zero-order valence-corrected chi connectivity index (χ0v) is 13.5. The van der Waals surface area contributed by atoms with Gasteiger partial charge in [-0.3, -0.25) is 4.90 Å². The Morgan fingerprint density at radius 2 is 2.08 bits per heavy atom. The number of ether oxygens (including phenoxy) is 2. The monoisotopic (exact) mass is 343 g/mol. The van der Waals surface area contributed by atoms with Crippen LogP contribution in [0.15, 0.2) is 24.3 Å². The molecule has 0 spiro atoms. The first-order valence-electron chi connectivity index (χ1n) is 7.99. The quantitative estimate of drug-likeness (QED) is 0.707. The van der Waals surface area contributed by atoms with Crippen molar-refractivity contribution in [3.05, 3.63) is 29.8 Å². The van der Waals surface area contributed by atoms with Crippen LogP contribution in [0.1, 0.15) is 12.0 Å². The Morgan fingerprint density at radius 1 is 1.29 bits per heavy atom. The van der Waals surface area contributed by atoms with Crippen molar-refractivity contribution < 1.29 is 23.0 Å². The Bertz CT molecular complexity index is 511. The standard InChI is InChI=1S/C16H23F2N3O3/c17-15(18)24-14-4-1-3-13(11-14)12-20-16(22)19-5-2-6-21-7-9-23-10-8-21/h1,3-4,11,15H,2,5-10,12H2,(H2,19,20,22). The lowest BCUT2D eigenvalue weighted by Gasteiger charge is -2.26. The van der Waals surface area contributed by atoms with Crippen LogP contribution in [-0.2, 0) is 11.3 Å². The lowest BCUT2D eigenvalue weighted by Crippen LogP contribution is -2.39. The molecule has 0 aromatic heterocycles. The third-order valence-electron chi connectivity index (χ3n) is 3.62. The van der Waals surface area contributed by atoms with Crippen molar-refractivity contribution in [1.82, 2.24) is 15.5 Å². The first-order valence-corrected chi connectivity index (χ1v) is 7.99. The molecule has 0 radical (unpaired) electrons. The van der Waals surface area contributed by atoms with E-state index in [0.717, 1.165) is 39.3 Å². The largest absolute Gasteiger partial charge is 0.435 e. The predicted molar refractivity (Wildman–Crippen MR) is 85.2 cm³/mol. The van der Waals surface area contributed by atoms with Crippen molar-refractivity contribution in [2.45, 2.75) is 19.6 Å². The van der Waals surface area contributed by atoms with Crippen LogP contribution in [0.3, 0.4) is 0 Å². The number of urea groups is 1. The third-order valence-corrected chi connectivity index (χ3v) is 3.62. The molecule has 0 aliphatic carbocycles. The minimum Gasteiger partial charge on any atom is -0.435 e. The fourth-order valence-corrected chi connectivity index (χ4v) is 2.41. The number of carbonyl (C=O) groups excluding carboxylic acids is 1. The molecule has 1 aliphatic rings. The van der Waals surface area contributed by atoms with Crippen LogP contribution in [0.25, 0.3) is 0 Å². The molecule has 1 aromatic rings. The van der Waals surface area contributed by atoms with Crippen LogP contribution in [0.4, 0.5) is 13.6 Å². The van der Waals surface area contributed by atoms with E-state index in [9.17, 15) is 13.6 Å². The number of nitrogens with zero attached hydrogens (tertiary/aromatic N) is 1. The summed E-state index contributed by atoms with van der Waals surface area (Å²) >= 11 is 0. The molecule has 6 nitrogen and oxygen atoms in total. The molecule has 1 aromatic carbocycles. The minimum atomic E-state index is -2.86. The van der Waals surface area contributed by atoms with Gasteiger partial charge in [0.1, 0.15) is 5.75 Å². The maximum absolute atomic E-state index is 12.2. The second kappa shape index (κ2) is 10.0. The third kappa shape index (κ3) is 7.10. The molecule has 2 N–H and O–H groups in total. The number of morpholine rings is 1. The first kappa shape index (κ1) is 18.4. The Labute approximate surface area is 140 Å². The van der Waals surface area contributed by atoms with Gasteiger partial charge < -0.3 is 20.1 Å². The molecule has 2 rings (SSSR count). The summed E-state index contributed by atoms with van der Waals surface area (Å²) in [6.07, 6.45) is 0.866. The second-order valence-electron chi connectivity index (χ2n) is 5.44. The van der Waals surface area contributed by atoms with Gasteiger partial charge in [-0.1, -0.05) is 12.1 Å². The summed E-state index contributed by atoms with van der Waals surface area (Å²) in [5, 5.41) is 5.47. The molecule has 0 saturated carbocycles. The number of amides is 2. The van der Waals surface area contributed by atoms with Gasteiger partial charge >= 0.3 is 12.6 Å². The smallest absolute Gasteiger partial charge is 0.387 e. The fraction of sp³-hybridized carbons (Fsp3) is 0.562. The molecule has 8 heteroatoms.